The van der Waals surface area contributed by atoms with Gasteiger partial charge in [-0.05, 0) is 24.3 Å². The van der Waals surface area contributed by atoms with Crippen molar-refractivity contribution in [3.8, 4) is 6.07 Å². The van der Waals surface area contributed by atoms with E-state index in [2.05, 4.69) is 5.32 Å². The van der Waals surface area contributed by atoms with Crippen LogP contribution >= 0.6 is 0 Å². The van der Waals surface area contributed by atoms with Gasteiger partial charge in [-0.25, -0.2) is 9.69 Å². The molecular weight excluding hydrogens is 194 g/mol. The molecule has 1 heterocycles. The van der Waals surface area contributed by atoms with Gasteiger partial charge in [0.1, 0.15) is 0 Å². The number of benzene rings is 1. The molecule has 0 aromatic heterocycles. The van der Waals surface area contributed by atoms with Crippen LogP contribution in [-0.2, 0) is 4.79 Å². The number of rotatable bonds is 1. The summed E-state index contributed by atoms with van der Waals surface area (Å²) in [6.07, 6.45) is 0. The fourth-order valence-corrected chi connectivity index (χ4v) is 1.37. The number of urea groups is 1. The molecule has 3 amide bonds. The molecule has 2 rings (SSSR count). The van der Waals surface area contributed by atoms with Crippen LogP contribution in [0.5, 0.6) is 0 Å². The topological polar surface area (TPSA) is 73.2 Å². The van der Waals surface area contributed by atoms with Crippen molar-refractivity contribution in [2.45, 2.75) is 0 Å². The summed E-state index contributed by atoms with van der Waals surface area (Å²) in [5.74, 6) is -0.287. The molecule has 0 aliphatic carbocycles. The summed E-state index contributed by atoms with van der Waals surface area (Å²) < 4.78 is 0. The van der Waals surface area contributed by atoms with Crippen molar-refractivity contribution in [2.24, 2.45) is 0 Å². The second-order valence-electron chi connectivity index (χ2n) is 3.05. The Morgan fingerprint density at radius 1 is 1.27 bits per heavy atom. The highest BCUT2D eigenvalue weighted by Crippen LogP contribution is 2.17. The number of imide groups is 1. The van der Waals surface area contributed by atoms with Gasteiger partial charge in [-0.15, -0.1) is 0 Å². The highest BCUT2D eigenvalue weighted by molar-refractivity contribution is 6.19. The van der Waals surface area contributed by atoms with Crippen LogP contribution in [0.25, 0.3) is 0 Å². The lowest BCUT2D eigenvalue weighted by molar-refractivity contribution is -0.115. The van der Waals surface area contributed by atoms with Crippen LogP contribution in [0, 0.1) is 11.3 Å². The van der Waals surface area contributed by atoms with E-state index in [0.717, 1.165) is 4.90 Å². The van der Waals surface area contributed by atoms with Crippen molar-refractivity contribution >= 4 is 17.6 Å². The predicted octanol–water partition coefficient (Wildman–Crippen LogP) is 0.614. The number of hydrogen-bond acceptors (Lipinski definition) is 3. The Morgan fingerprint density at radius 3 is 2.40 bits per heavy atom. The minimum Gasteiger partial charge on any atom is -0.328 e. The molecule has 0 bridgehead atoms. The number of nitrogens with zero attached hydrogens (tertiary/aromatic N) is 2. The average Bonchev–Trinajstić information content (AvgIpc) is 2.59. The zero-order chi connectivity index (χ0) is 10.8. The summed E-state index contributed by atoms with van der Waals surface area (Å²) in [7, 11) is 0. The summed E-state index contributed by atoms with van der Waals surface area (Å²) in [6.45, 7) is 0.0266. The summed E-state index contributed by atoms with van der Waals surface area (Å²) in [5, 5.41) is 11.0. The average molecular weight is 201 g/mol. The molecule has 5 heteroatoms. The van der Waals surface area contributed by atoms with Crippen LogP contribution < -0.4 is 10.2 Å². The van der Waals surface area contributed by atoms with Crippen molar-refractivity contribution in [2.75, 3.05) is 11.4 Å². The SMILES string of the molecule is N#Cc1ccc(N2C(=O)CNC2=O)cc1. The van der Waals surface area contributed by atoms with Crippen molar-refractivity contribution in [1.29, 1.82) is 5.26 Å². The molecule has 1 aliphatic rings. The lowest BCUT2D eigenvalue weighted by Gasteiger charge is -2.11. The van der Waals surface area contributed by atoms with Crippen LogP contribution in [0.1, 0.15) is 5.56 Å². The second-order valence-corrected chi connectivity index (χ2v) is 3.05. The van der Waals surface area contributed by atoms with Crippen molar-refractivity contribution < 1.29 is 9.59 Å². The molecule has 1 aliphatic heterocycles. The van der Waals surface area contributed by atoms with E-state index in [4.69, 9.17) is 5.26 Å². The van der Waals surface area contributed by atoms with Gasteiger partial charge in [-0.2, -0.15) is 5.26 Å². The highest BCUT2D eigenvalue weighted by atomic mass is 16.2. The minimum atomic E-state index is -0.426. The van der Waals surface area contributed by atoms with E-state index < -0.39 is 6.03 Å². The van der Waals surface area contributed by atoms with Crippen LogP contribution in [0.4, 0.5) is 10.5 Å². The van der Waals surface area contributed by atoms with Gasteiger partial charge < -0.3 is 5.32 Å². The summed E-state index contributed by atoms with van der Waals surface area (Å²) >= 11 is 0. The lowest BCUT2D eigenvalue weighted by atomic mass is 10.2. The quantitative estimate of drug-likeness (QED) is 0.676. The van der Waals surface area contributed by atoms with E-state index in [1.54, 1.807) is 24.3 Å². The fourth-order valence-electron chi connectivity index (χ4n) is 1.37. The number of nitrogens with one attached hydrogen (secondary N) is 1. The van der Waals surface area contributed by atoms with E-state index in [-0.39, 0.29) is 12.5 Å². The maximum absolute atomic E-state index is 11.3. The molecule has 5 nitrogen and oxygen atoms in total. The first-order valence-corrected chi connectivity index (χ1v) is 4.33. The van der Waals surface area contributed by atoms with Crippen LogP contribution in [0.3, 0.4) is 0 Å². The molecule has 1 N–H and O–H groups in total. The summed E-state index contributed by atoms with van der Waals surface area (Å²) in [4.78, 5) is 23.6. The molecule has 1 aromatic rings. The molecule has 15 heavy (non-hydrogen) atoms. The van der Waals surface area contributed by atoms with Gasteiger partial charge in [0.05, 0.1) is 23.9 Å². The van der Waals surface area contributed by atoms with Gasteiger partial charge in [-0.3, -0.25) is 4.79 Å². The molecule has 0 spiro atoms. The Balaban J connectivity index is 2.34. The van der Waals surface area contributed by atoms with Crippen LogP contribution in [-0.4, -0.2) is 18.5 Å². The maximum atomic E-state index is 11.3. The first kappa shape index (κ1) is 9.21. The molecule has 0 radical (unpaired) electrons. The number of amides is 3. The van der Waals surface area contributed by atoms with E-state index in [0.29, 0.717) is 11.3 Å². The summed E-state index contributed by atoms with van der Waals surface area (Å²) in [5.41, 5.74) is 0.972. The Labute approximate surface area is 85.9 Å². The number of carbonyl (C=O) groups excluding carboxylic acids is 2. The van der Waals surface area contributed by atoms with Gasteiger partial charge in [0.25, 0.3) is 5.91 Å². The monoisotopic (exact) mass is 201 g/mol. The molecule has 0 atom stereocenters. The van der Waals surface area contributed by atoms with Gasteiger partial charge in [-0.1, -0.05) is 0 Å². The lowest BCUT2D eigenvalue weighted by Crippen LogP contribution is -2.30. The Hall–Kier alpha value is -2.35. The number of nitriles is 1. The third-order valence-corrected chi connectivity index (χ3v) is 2.10. The van der Waals surface area contributed by atoms with E-state index in [1.807, 2.05) is 6.07 Å². The number of carbonyl (C=O) groups is 2. The maximum Gasteiger partial charge on any atom is 0.329 e. The largest absolute Gasteiger partial charge is 0.329 e. The Morgan fingerprint density at radius 2 is 1.93 bits per heavy atom. The van der Waals surface area contributed by atoms with Crippen molar-refractivity contribution in [3.05, 3.63) is 29.8 Å². The van der Waals surface area contributed by atoms with Gasteiger partial charge >= 0.3 is 6.03 Å². The zero-order valence-corrected chi connectivity index (χ0v) is 7.73. The van der Waals surface area contributed by atoms with Crippen LogP contribution in [0.2, 0.25) is 0 Å². The van der Waals surface area contributed by atoms with Crippen molar-refractivity contribution in [1.82, 2.24) is 5.32 Å². The van der Waals surface area contributed by atoms with Gasteiger partial charge in [0.2, 0.25) is 0 Å². The Kier molecular flexibility index (Phi) is 2.10. The second kappa shape index (κ2) is 3.42. The molecule has 0 unspecified atom stereocenters. The van der Waals surface area contributed by atoms with Crippen molar-refractivity contribution in [3.63, 3.8) is 0 Å². The fraction of sp³-hybridized carbons (Fsp3) is 0.100. The van der Waals surface area contributed by atoms with E-state index in [9.17, 15) is 9.59 Å². The third-order valence-electron chi connectivity index (χ3n) is 2.10. The zero-order valence-electron chi connectivity index (χ0n) is 7.73. The molecular formula is C10H7N3O2. The molecule has 1 aromatic carbocycles. The van der Waals surface area contributed by atoms with Gasteiger partial charge in [0.15, 0.2) is 0 Å². The third kappa shape index (κ3) is 1.53. The molecule has 1 saturated heterocycles. The minimum absolute atomic E-state index is 0.0266. The van der Waals surface area contributed by atoms with E-state index >= 15 is 0 Å². The summed E-state index contributed by atoms with van der Waals surface area (Å²) in [6, 6.07) is 7.81. The number of anilines is 1. The normalized spacial score (nSPS) is 15.0. The number of hydrogen-bond donors (Lipinski definition) is 1. The van der Waals surface area contributed by atoms with Crippen LogP contribution in [0.15, 0.2) is 24.3 Å². The Bertz CT molecular complexity index is 443. The smallest absolute Gasteiger partial charge is 0.328 e. The highest BCUT2D eigenvalue weighted by Gasteiger charge is 2.29. The first-order valence-electron chi connectivity index (χ1n) is 4.33. The van der Waals surface area contributed by atoms with Gasteiger partial charge in [0, 0.05) is 0 Å². The van der Waals surface area contributed by atoms with E-state index in [1.165, 1.54) is 0 Å². The molecule has 74 valence electrons. The molecule has 1 fully saturated rings. The predicted molar refractivity (Wildman–Crippen MR) is 52.0 cm³/mol. The molecule has 0 saturated carbocycles. The first-order chi connectivity index (χ1) is 7.22. The standard InChI is InChI=1S/C10H7N3O2/c11-5-7-1-3-8(4-2-7)13-9(14)6-12-10(13)15/h1-4H,6H2,(H,12,15).